The van der Waals surface area contributed by atoms with Crippen molar-refractivity contribution in [2.75, 3.05) is 0 Å². The molecule has 0 unspecified atom stereocenters. The monoisotopic (exact) mass is 293 g/mol. The topological polar surface area (TPSA) is 41.6 Å². The first-order valence-electron chi connectivity index (χ1n) is 6.52. The molecule has 0 saturated carbocycles. The molecule has 0 aliphatic rings. The fourth-order valence-corrected chi connectivity index (χ4v) is 2.72. The van der Waals surface area contributed by atoms with E-state index in [2.05, 4.69) is 11.2 Å². The first-order chi connectivity index (χ1) is 10.2. The maximum absolute atomic E-state index is 9.27. The Balaban J connectivity index is 2.23. The van der Waals surface area contributed by atoms with Gasteiger partial charge in [-0.3, -0.25) is 0 Å². The average Bonchev–Trinajstić information content (AvgIpc) is 2.83. The van der Waals surface area contributed by atoms with Crippen molar-refractivity contribution in [2.24, 2.45) is 0 Å². The summed E-state index contributed by atoms with van der Waals surface area (Å²) in [6.45, 7) is 1.90. The van der Waals surface area contributed by atoms with Gasteiger partial charge >= 0.3 is 0 Å². The zero-order valence-corrected chi connectivity index (χ0v) is 12.2. The van der Waals surface area contributed by atoms with E-state index in [1.54, 1.807) is 10.7 Å². The van der Waals surface area contributed by atoms with Crippen LogP contribution in [-0.4, -0.2) is 9.78 Å². The Kier molecular flexibility index (Phi) is 3.47. The van der Waals surface area contributed by atoms with Gasteiger partial charge in [-0.15, -0.1) is 0 Å². The number of hydrogen-bond donors (Lipinski definition) is 0. The molecule has 3 rings (SSSR count). The van der Waals surface area contributed by atoms with Gasteiger partial charge in [0.05, 0.1) is 23.0 Å². The highest BCUT2D eigenvalue weighted by Gasteiger charge is 2.18. The van der Waals surface area contributed by atoms with E-state index >= 15 is 0 Å². The zero-order chi connectivity index (χ0) is 14.8. The van der Waals surface area contributed by atoms with E-state index in [1.165, 1.54) is 0 Å². The molecule has 0 N–H and O–H groups in total. The first-order valence-corrected chi connectivity index (χ1v) is 6.90. The lowest BCUT2D eigenvalue weighted by Gasteiger charge is -2.05. The molecule has 0 atom stereocenters. The molecule has 3 nitrogen and oxygen atoms in total. The zero-order valence-electron chi connectivity index (χ0n) is 11.4. The van der Waals surface area contributed by atoms with Crippen molar-refractivity contribution in [1.82, 2.24) is 9.78 Å². The van der Waals surface area contributed by atoms with Gasteiger partial charge in [0, 0.05) is 11.1 Å². The van der Waals surface area contributed by atoms with Crippen LogP contribution in [0, 0.1) is 18.3 Å². The number of rotatable bonds is 2. The highest BCUT2D eigenvalue weighted by Crippen LogP contribution is 2.34. The van der Waals surface area contributed by atoms with E-state index in [-0.39, 0.29) is 0 Å². The normalized spacial score (nSPS) is 10.3. The second kappa shape index (κ2) is 5.43. The van der Waals surface area contributed by atoms with Crippen LogP contribution in [0.5, 0.6) is 0 Å². The number of hydrogen-bond acceptors (Lipinski definition) is 2. The number of nitrogens with zero attached hydrogens (tertiary/aromatic N) is 3. The summed E-state index contributed by atoms with van der Waals surface area (Å²) in [5.41, 5.74) is 3.90. The van der Waals surface area contributed by atoms with Crippen LogP contribution in [0.3, 0.4) is 0 Å². The van der Waals surface area contributed by atoms with E-state index in [9.17, 15) is 5.26 Å². The molecule has 21 heavy (non-hydrogen) atoms. The van der Waals surface area contributed by atoms with Crippen molar-refractivity contribution < 1.29 is 0 Å². The maximum atomic E-state index is 9.27. The standard InChI is InChI=1S/C17H12ClN3/c1-12-16(15-10-6-5-7-13(15)11-19)17(18)21(20-12)14-8-3-2-4-9-14/h2-10H,1H3. The lowest BCUT2D eigenvalue weighted by Crippen LogP contribution is -1.95. The minimum Gasteiger partial charge on any atom is -0.221 e. The number of benzene rings is 2. The van der Waals surface area contributed by atoms with Crippen LogP contribution >= 0.6 is 11.6 Å². The van der Waals surface area contributed by atoms with Crippen LogP contribution in [0.1, 0.15) is 11.3 Å². The Hall–Kier alpha value is -2.57. The third-order valence-electron chi connectivity index (χ3n) is 3.32. The van der Waals surface area contributed by atoms with Gasteiger partial charge in [-0.05, 0) is 25.1 Å². The molecule has 0 saturated heterocycles. The number of aromatic nitrogens is 2. The predicted octanol–water partition coefficient (Wildman–Crippen LogP) is 4.37. The number of halogens is 1. The summed E-state index contributed by atoms with van der Waals surface area (Å²) in [4.78, 5) is 0. The largest absolute Gasteiger partial charge is 0.221 e. The van der Waals surface area contributed by atoms with Crippen LogP contribution in [-0.2, 0) is 0 Å². The van der Waals surface area contributed by atoms with Crippen molar-refractivity contribution >= 4 is 11.6 Å². The van der Waals surface area contributed by atoms with Crippen LogP contribution in [0.4, 0.5) is 0 Å². The molecule has 1 heterocycles. The molecule has 3 aromatic rings. The van der Waals surface area contributed by atoms with Gasteiger partial charge in [-0.25, -0.2) is 4.68 Å². The Bertz CT molecular complexity index is 829. The van der Waals surface area contributed by atoms with E-state index in [4.69, 9.17) is 11.6 Å². The molecule has 0 radical (unpaired) electrons. The van der Waals surface area contributed by atoms with E-state index in [0.717, 1.165) is 22.5 Å². The molecule has 102 valence electrons. The van der Waals surface area contributed by atoms with E-state index in [0.29, 0.717) is 10.7 Å². The van der Waals surface area contributed by atoms with E-state index < -0.39 is 0 Å². The van der Waals surface area contributed by atoms with Crippen molar-refractivity contribution in [3.8, 4) is 22.9 Å². The Morgan fingerprint density at radius 1 is 1.05 bits per heavy atom. The van der Waals surface area contributed by atoms with Crippen LogP contribution in [0.2, 0.25) is 5.15 Å². The fraction of sp³-hybridized carbons (Fsp3) is 0.0588. The minimum atomic E-state index is 0.515. The Morgan fingerprint density at radius 3 is 2.43 bits per heavy atom. The SMILES string of the molecule is Cc1nn(-c2ccccc2)c(Cl)c1-c1ccccc1C#N. The minimum absolute atomic E-state index is 0.515. The van der Waals surface area contributed by atoms with Gasteiger partial charge in [0.2, 0.25) is 0 Å². The molecule has 0 spiro atoms. The number of nitriles is 1. The average molecular weight is 294 g/mol. The maximum Gasteiger partial charge on any atom is 0.141 e. The van der Waals surface area contributed by atoms with Gasteiger partial charge in [0.15, 0.2) is 0 Å². The molecular weight excluding hydrogens is 282 g/mol. The summed E-state index contributed by atoms with van der Waals surface area (Å²) in [6, 6.07) is 19.3. The molecule has 0 bridgehead atoms. The summed E-state index contributed by atoms with van der Waals surface area (Å²) in [7, 11) is 0. The second-order valence-corrected chi connectivity index (χ2v) is 5.01. The van der Waals surface area contributed by atoms with Crippen LogP contribution in [0.15, 0.2) is 54.6 Å². The fourth-order valence-electron chi connectivity index (χ4n) is 2.34. The molecule has 0 amide bonds. The Labute approximate surface area is 128 Å². The van der Waals surface area contributed by atoms with Gasteiger partial charge < -0.3 is 0 Å². The summed E-state index contributed by atoms with van der Waals surface area (Å²) in [6.07, 6.45) is 0. The third-order valence-corrected chi connectivity index (χ3v) is 3.67. The van der Waals surface area contributed by atoms with Gasteiger partial charge in [-0.2, -0.15) is 10.4 Å². The number of aryl methyl sites for hydroxylation is 1. The lowest BCUT2D eigenvalue weighted by atomic mass is 10.0. The Morgan fingerprint density at radius 2 is 1.71 bits per heavy atom. The molecular formula is C17H12ClN3. The second-order valence-electron chi connectivity index (χ2n) is 4.66. The summed E-state index contributed by atoms with van der Waals surface area (Å²) < 4.78 is 1.69. The van der Waals surface area contributed by atoms with Gasteiger partial charge in [0.1, 0.15) is 5.15 Å². The summed E-state index contributed by atoms with van der Waals surface area (Å²) in [5, 5.41) is 14.3. The first kappa shape index (κ1) is 13.4. The smallest absolute Gasteiger partial charge is 0.141 e. The van der Waals surface area contributed by atoms with Crippen molar-refractivity contribution in [3.05, 3.63) is 71.0 Å². The molecule has 2 aromatic carbocycles. The summed E-state index contributed by atoms with van der Waals surface area (Å²) >= 11 is 6.52. The highest BCUT2D eigenvalue weighted by molar-refractivity contribution is 6.32. The lowest BCUT2D eigenvalue weighted by molar-refractivity contribution is 0.863. The molecule has 0 aliphatic heterocycles. The molecule has 1 aromatic heterocycles. The third kappa shape index (κ3) is 2.31. The highest BCUT2D eigenvalue weighted by atomic mass is 35.5. The van der Waals surface area contributed by atoms with E-state index in [1.807, 2.05) is 55.5 Å². The predicted molar refractivity (Wildman–Crippen MR) is 83.5 cm³/mol. The molecule has 0 fully saturated rings. The summed E-state index contributed by atoms with van der Waals surface area (Å²) in [5.74, 6) is 0. The van der Waals surface area contributed by atoms with Crippen LogP contribution < -0.4 is 0 Å². The molecule has 4 heteroatoms. The molecule has 0 aliphatic carbocycles. The van der Waals surface area contributed by atoms with Crippen molar-refractivity contribution in [2.45, 2.75) is 6.92 Å². The quantitative estimate of drug-likeness (QED) is 0.704. The van der Waals surface area contributed by atoms with Gasteiger partial charge in [-0.1, -0.05) is 48.0 Å². The van der Waals surface area contributed by atoms with Crippen molar-refractivity contribution in [1.29, 1.82) is 5.26 Å². The van der Waals surface area contributed by atoms with Gasteiger partial charge in [0.25, 0.3) is 0 Å². The van der Waals surface area contributed by atoms with Crippen LogP contribution in [0.25, 0.3) is 16.8 Å². The van der Waals surface area contributed by atoms with Crippen molar-refractivity contribution in [3.63, 3.8) is 0 Å². The number of para-hydroxylation sites is 1.